The zero-order valence-corrected chi connectivity index (χ0v) is 11.6. The molecule has 3 rings (SSSR count). The molecule has 0 radical (unpaired) electrons. The van der Waals surface area contributed by atoms with Crippen LogP contribution in [0.5, 0.6) is 5.75 Å². The average molecular weight is 297 g/mol. The van der Waals surface area contributed by atoms with Crippen LogP contribution in [0.4, 0.5) is 5.69 Å². The fraction of sp³-hybridized carbons (Fsp3) is 0.0714. The molecule has 8 nitrogen and oxygen atoms in total. The van der Waals surface area contributed by atoms with Gasteiger partial charge in [-0.25, -0.2) is 0 Å². The van der Waals surface area contributed by atoms with Crippen LogP contribution in [-0.4, -0.2) is 32.2 Å². The molecule has 0 aliphatic heterocycles. The minimum atomic E-state index is -0.451. The van der Waals surface area contributed by atoms with E-state index in [2.05, 4.69) is 15.5 Å². The quantitative estimate of drug-likeness (QED) is 0.541. The lowest BCUT2D eigenvalue weighted by Crippen LogP contribution is -2.00. The predicted molar refractivity (Wildman–Crippen MR) is 77.8 cm³/mol. The van der Waals surface area contributed by atoms with Crippen LogP contribution in [0.25, 0.3) is 17.1 Å². The van der Waals surface area contributed by atoms with E-state index < -0.39 is 4.92 Å². The first-order valence-electron chi connectivity index (χ1n) is 6.36. The Labute approximate surface area is 125 Å². The molecule has 0 N–H and O–H groups in total. The Bertz CT molecular complexity index is 796. The third-order valence-electron chi connectivity index (χ3n) is 3.12. The van der Waals surface area contributed by atoms with Crippen molar-refractivity contribution >= 4 is 5.69 Å². The summed E-state index contributed by atoms with van der Waals surface area (Å²) in [6, 6.07) is 13.3. The first-order chi connectivity index (χ1) is 10.7. The number of benzene rings is 2. The normalized spacial score (nSPS) is 10.4. The van der Waals surface area contributed by atoms with Crippen molar-refractivity contribution < 1.29 is 9.66 Å². The van der Waals surface area contributed by atoms with Crippen molar-refractivity contribution in [1.29, 1.82) is 0 Å². The number of nitrogens with zero attached hydrogens (tertiary/aromatic N) is 5. The number of non-ortho nitro benzene ring substituents is 1. The van der Waals surface area contributed by atoms with Gasteiger partial charge < -0.3 is 4.74 Å². The van der Waals surface area contributed by atoms with Crippen LogP contribution < -0.4 is 4.74 Å². The van der Waals surface area contributed by atoms with Crippen LogP contribution >= 0.6 is 0 Å². The Morgan fingerprint density at radius 3 is 2.36 bits per heavy atom. The summed E-state index contributed by atoms with van der Waals surface area (Å²) in [4.78, 5) is 10.2. The molecule has 0 aliphatic rings. The van der Waals surface area contributed by atoms with E-state index in [1.165, 1.54) is 16.8 Å². The maximum absolute atomic E-state index is 10.7. The molecule has 1 heterocycles. The minimum absolute atomic E-state index is 0.0165. The molecule has 0 spiro atoms. The maximum Gasteiger partial charge on any atom is 0.269 e. The molecular weight excluding hydrogens is 286 g/mol. The number of ether oxygens (including phenoxy) is 1. The number of nitro groups is 1. The molecule has 1 aromatic heterocycles. The monoisotopic (exact) mass is 297 g/mol. The van der Waals surface area contributed by atoms with Gasteiger partial charge in [-0.3, -0.25) is 10.1 Å². The molecule has 0 aliphatic carbocycles. The summed E-state index contributed by atoms with van der Waals surface area (Å²) in [5.41, 5.74) is 1.47. The van der Waals surface area contributed by atoms with E-state index in [0.717, 1.165) is 11.3 Å². The fourth-order valence-corrected chi connectivity index (χ4v) is 2.00. The van der Waals surface area contributed by atoms with Crippen molar-refractivity contribution in [2.45, 2.75) is 0 Å². The van der Waals surface area contributed by atoms with Crippen molar-refractivity contribution in [1.82, 2.24) is 20.2 Å². The van der Waals surface area contributed by atoms with Crippen LogP contribution in [0.2, 0.25) is 0 Å². The standard InChI is InChI=1S/C14H11N5O3/c1-22-13-8-2-10(3-9-13)14-15-16-17-18(14)11-4-6-12(7-5-11)19(20)21/h2-9H,1H3. The lowest BCUT2D eigenvalue weighted by molar-refractivity contribution is -0.384. The Balaban J connectivity index is 1.99. The number of aromatic nitrogens is 4. The number of rotatable bonds is 4. The van der Waals surface area contributed by atoms with E-state index in [1.807, 2.05) is 24.3 Å². The van der Waals surface area contributed by atoms with Gasteiger partial charge in [0.25, 0.3) is 5.69 Å². The molecule has 0 saturated heterocycles. The Morgan fingerprint density at radius 1 is 1.09 bits per heavy atom. The summed E-state index contributed by atoms with van der Waals surface area (Å²) in [7, 11) is 1.59. The summed E-state index contributed by atoms with van der Waals surface area (Å²) in [6.07, 6.45) is 0. The van der Waals surface area contributed by atoms with E-state index in [1.54, 1.807) is 19.2 Å². The van der Waals surface area contributed by atoms with Crippen molar-refractivity contribution in [3.63, 3.8) is 0 Å². The SMILES string of the molecule is COc1ccc(-c2nnnn2-c2ccc([N+](=O)[O-])cc2)cc1. The summed E-state index contributed by atoms with van der Waals surface area (Å²) < 4.78 is 6.63. The largest absolute Gasteiger partial charge is 0.497 e. The van der Waals surface area contributed by atoms with Gasteiger partial charge in [-0.1, -0.05) is 0 Å². The van der Waals surface area contributed by atoms with Crippen LogP contribution in [0.15, 0.2) is 48.5 Å². The molecule has 0 unspecified atom stereocenters. The van der Waals surface area contributed by atoms with E-state index in [4.69, 9.17) is 4.74 Å². The molecule has 22 heavy (non-hydrogen) atoms. The number of tetrazole rings is 1. The lowest BCUT2D eigenvalue weighted by atomic mass is 10.2. The van der Waals surface area contributed by atoms with Crippen LogP contribution in [0, 0.1) is 10.1 Å². The molecule has 0 fully saturated rings. The Hall–Kier alpha value is -3.29. The van der Waals surface area contributed by atoms with Gasteiger partial charge in [-0.05, 0) is 46.8 Å². The number of hydrogen-bond acceptors (Lipinski definition) is 6. The highest BCUT2D eigenvalue weighted by atomic mass is 16.6. The lowest BCUT2D eigenvalue weighted by Gasteiger charge is -2.05. The highest BCUT2D eigenvalue weighted by molar-refractivity contribution is 5.58. The van der Waals surface area contributed by atoms with Crippen LogP contribution in [0.3, 0.4) is 0 Å². The number of nitro benzene ring substituents is 1. The third kappa shape index (κ3) is 2.49. The highest BCUT2D eigenvalue weighted by Crippen LogP contribution is 2.23. The smallest absolute Gasteiger partial charge is 0.269 e. The second-order valence-corrected chi connectivity index (χ2v) is 4.42. The molecule has 2 aromatic carbocycles. The van der Waals surface area contributed by atoms with Gasteiger partial charge in [0.1, 0.15) is 5.75 Å². The van der Waals surface area contributed by atoms with Gasteiger partial charge >= 0.3 is 0 Å². The first-order valence-corrected chi connectivity index (χ1v) is 6.36. The van der Waals surface area contributed by atoms with Crippen LogP contribution in [-0.2, 0) is 0 Å². The van der Waals surface area contributed by atoms with Gasteiger partial charge in [-0.15, -0.1) is 5.10 Å². The van der Waals surface area contributed by atoms with E-state index in [-0.39, 0.29) is 5.69 Å². The Kier molecular flexibility index (Phi) is 3.48. The van der Waals surface area contributed by atoms with Gasteiger partial charge in [0.15, 0.2) is 5.82 Å². The van der Waals surface area contributed by atoms with Gasteiger partial charge in [0.05, 0.1) is 17.7 Å². The second-order valence-electron chi connectivity index (χ2n) is 4.42. The Morgan fingerprint density at radius 2 is 1.77 bits per heavy atom. The van der Waals surface area contributed by atoms with Crippen molar-refractivity contribution in [2.24, 2.45) is 0 Å². The average Bonchev–Trinajstić information content (AvgIpc) is 3.04. The van der Waals surface area contributed by atoms with E-state index >= 15 is 0 Å². The van der Waals surface area contributed by atoms with E-state index in [0.29, 0.717) is 11.5 Å². The highest BCUT2D eigenvalue weighted by Gasteiger charge is 2.12. The predicted octanol–water partition coefficient (Wildman–Crippen LogP) is 2.25. The van der Waals surface area contributed by atoms with Gasteiger partial charge in [0.2, 0.25) is 0 Å². The first kappa shape index (κ1) is 13.7. The minimum Gasteiger partial charge on any atom is -0.497 e. The molecule has 110 valence electrons. The maximum atomic E-state index is 10.7. The number of methoxy groups -OCH3 is 1. The molecule has 0 bridgehead atoms. The molecule has 0 saturated carbocycles. The van der Waals surface area contributed by atoms with Crippen molar-refractivity contribution in [3.05, 3.63) is 58.6 Å². The molecular formula is C14H11N5O3. The summed E-state index contributed by atoms with van der Waals surface area (Å²) >= 11 is 0. The summed E-state index contributed by atoms with van der Waals surface area (Å²) in [5.74, 6) is 1.27. The molecule has 3 aromatic rings. The zero-order valence-electron chi connectivity index (χ0n) is 11.6. The molecule has 8 heteroatoms. The third-order valence-corrected chi connectivity index (χ3v) is 3.12. The topological polar surface area (TPSA) is 96.0 Å². The number of hydrogen-bond donors (Lipinski definition) is 0. The zero-order chi connectivity index (χ0) is 15.5. The van der Waals surface area contributed by atoms with Crippen LogP contribution in [0.1, 0.15) is 0 Å². The van der Waals surface area contributed by atoms with Crippen molar-refractivity contribution in [3.8, 4) is 22.8 Å². The van der Waals surface area contributed by atoms with Gasteiger partial charge in [-0.2, -0.15) is 4.68 Å². The second kappa shape index (κ2) is 5.60. The van der Waals surface area contributed by atoms with Gasteiger partial charge in [0, 0.05) is 17.7 Å². The van der Waals surface area contributed by atoms with E-state index in [9.17, 15) is 10.1 Å². The summed E-state index contributed by atoms with van der Waals surface area (Å²) in [5, 5.41) is 22.3. The molecule has 0 amide bonds. The molecule has 0 atom stereocenters. The fourth-order valence-electron chi connectivity index (χ4n) is 2.00. The van der Waals surface area contributed by atoms with Crippen molar-refractivity contribution in [2.75, 3.05) is 7.11 Å². The summed E-state index contributed by atoms with van der Waals surface area (Å²) in [6.45, 7) is 0.